The molecule has 0 aliphatic heterocycles. The molecule has 2 heterocycles. The first-order valence-corrected chi connectivity index (χ1v) is 7.68. The van der Waals surface area contributed by atoms with E-state index in [-0.39, 0.29) is 6.04 Å². The summed E-state index contributed by atoms with van der Waals surface area (Å²) < 4.78 is 6.97. The second-order valence-electron chi connectivity index (χ2n) is 4.32. The Bertz CT molecular complexity index is 678. The number of benzene rings is 1. The summed E-state index contributed by atoms with van der Waals surface area (Å²) in [5, 5.41) is 4.43. The molecule has 2 aromatic heterocycles. The summed E-state index contributed by atoms with van der Waals surface area (Å²) in [7, 11) is 1.95. The van der Waals surface area contributed by atoms with Crippen molar-refractivity contribution in [3.63, 3.8) is 0 Å². The lowest BCUT2D eigenvalue weighted by molar-refractivity contribution is 0.452. The Morgan fingerprint density at radius 2 is 2.37 bits per heavy atom. The molecule has 19 heavy (non-hydrogen) atoms. The molecule has 1 N–H and O–H groups in total. The van der Waals surface area contributed by atoms with Crippen molar-refractivity contribution >= 4 is 38.2 Å². The highest BCUT2D eigenvalue weighted by Gasteiger charge is 2.16. The van der Waals surface area contributed by atoms with Crippen LogP contribution in [0.3, 0.4) is 0 Å². The second-order valence-corrected chi connectivity index (χ2v) is 6.15. The molecule has 3 aromatic rings. The van der Waals surface area contributed by atoms with E-state index in [1.165, 1.54) is 4.88 Å². The van der Waals surface area contributed by atoms with Gasteiger partial charge in [0.05, 0.1) is 16.0 Å². The fourth-order valence-corrected chi connectivity index (χ4v) is 3.21. The number of hydrogen-bond acceptors (Lipinski definition) is 4. The fourth-order valence-electron chi connectivity index (χ4n) is 2.11. The monoisotopic (exact) mass is 336 g/mol. The van der Waals surface area contributed by atoms with Gasteiger partial charge in [-0.3, -0.25) is 4.98 Å². The Hall–Kier alpha value is -1.17. The number of furan rings is 1. The van der Waals surface area contributed by atoms with Gasteiger partial charge in [0.15, 0.2) is 0 Å². The van der Waals surface area contributed by atoms with Crippen LogP contribution in [0.15, 0.2) is 44.9 Å². The summed E-state index contributed by atoms with van der Waals surface area (Å²) in [6, 6.07) is 8.34. The predicted molar refractivity (Wildman–Crippen MR) is 81.5 cm³/mol. The molecule has 1 unspecified atom stereocenters. The number of hydrogen-bond donors (Lipinski definition) is 1. The summed E-state index contributed by atoms with van der Waals surface area (Å²) >= 11 is 5.19. The van der Waals surface area contributed by atoms with Crippen LogP contribution in [0.5, 0.6) is 0 Å². The van der Waals surface area contributed by atoms with Crippen molar-refractivity contribution in [3.05, 3.63) is 51.1 Å². The Labute approximate surface area is 123 Å². The number of aromatic nitrogens is 1. The fraction of sp³-hybridized carbons (Fsp3) is 0.214. The van der Waals surface area contributed by atoms with Gasteiger partial charge in [-0.15, -0.1) is 11.3 Å². The minimum absolute atomic E-state index is 0.166. The van der Waals surface area contributed by atoms with Crippen LogP contribution in [0.1, 0.15) is 16.7 Å². The third kappa shape index (κ3) is 2.59. The van der Waals surface area contributed by atoms with Gasteiger partial charge in [-0.25, -0.2) is 0 Å². The number of halogens is 1. The van der Waals surface area contributed by atoms with E-state index >= 15 is 0 Å². The maximum atomic E-state index is 5.98. The molecule has 98 valence electrons. The molecule has 0 saturated carbocycles. The van der Waals surface area contributed by atoms with Crippen LogP contribution in [0.25, 0.3) is 11.0 Å². The van der Waals surface area contributed by atoms with Gasteiger partial charge in [0.2, 0.25) is 0 Å². The highest BCUT2D eigenvalue weighted by atomic mass is 79.9. The maximum absolute atomic E-state index is 5.98. The smallest absolute Gasteiger partial charge is 0.148 e. The molecule has 0 amide bonds. The lowest BCUT2D eigenvalue weighted by Crippen LogP contribution is -2.17. The number of likely N-dealkylation sites (N-methyl/N-ethyl adjacent to an activating group) is 1. The van der Waals surface area contributed by atoms with E-state index in [9.17, 15) is 0 Å². The molecule has 0 bridgehead atoms. The van der Waals surface area contributed by atoms with Crippen LogP contribution >= 0.6 is 27.3 Å². The molecule has 0 aliphatic carbocycles. The van der Waals surface area contributed by atoms with Crippen molar-refractivity contribution in [2.24, 2.45) is 0 Å². The van der Waals surface area contributed by atoms with E-state index in [0.29, 0.717) is 0 Å². The van der Waals surface area contributed by atoms with Gasteiger partial charge in [0.25, 0.3) is 0 Å². The van der Waals surface area contributed by atoms with E-state index in [4.69, 9.17) is 4.42 Å². The van der Waals surface area contributed by atoms with E-state index < -0.39 is 0 Å². The first-order chi connectivity index (χ1) is 9.28. The average molecular weight is 337 g/mol. The molecule has 0 fully saturated rings. The summed E-state index contributed by atoms with van der Waals surface area (Å²) in [5.41, 5.74) is 2.76. The Morgan fingerprint density at radius 3 is 3.05 bits per heavy atom. The van der Waals surface area contributed by atoms with Crippen LogP contribution < -0.4 is 5.32 Å². The highest BCUT2D eigenvalue weighted by Crippen LogP contribution is 2.31. The molecular weight excluding hydrogens is 324 g/mol. The van der Waals surface area contributed by atoms with E-state index in [1.54, 1.807) is 11.3 Å². The molecule has 0 radical (unpaired) electrons. The largest absolute Gasteiger partial charge is 0.458 e. The van der Waals surface area contributed by atoms with Crippen molar-refractivity contribution in [2.45, 2.75) is 12.5 Å². The molecule has 3 nitrogen and oxygen atoms in total. The predicted octanol–water partition coefficient (Wildman–Crippen LogP) is 4.16. The molecule has 1 aromatic carbocycles. The maximum Gasteiger partial charge on any atom is 0.148 e. The number of rotatable bonds is 4. The van der Waals surface area contributed by atoms with Gasteiger partial charge >= 0.3 is 0 Å². The quantitative estimate of drug-likeness (QED) is 0.777. The first-order valence-electron chi connectivity index (χ1n) is 6.00. The van der Waals surface area contributed by atoms with Crippen LogP contribution in [-0.4, -0.2) is 12.0 Å². The molecule has 5 heteroatoms. The molecule has 0 saturated heterocycles. The normalized spacial score (nSPS) is 12.9. The van der Waals surface area contributed by atoms with Crippen molar-refractivity contribution in [2.75, 3.05) is 7.05 Å². The lowest BCUT2D eigenvalue weighted by atomic mass is 10.1. The summed E-state index contributed by atoms with van der Waals surface area (Å²) in [6.45, 7) is 0. The summed E-state index contributed by atoms with van der Waals surface area (Å²) in [5.74, 6) is 0.956. The second kappa shape index (κ2) is 5.45. The van der Waals surface area contributed by atoms with Crippen LogP contribution in [0, 0.1) is 0 Å². The SMILES string of the molecule is CNC(Cc1cncs1)c1cc2cccc(Br)c2o1. The van der Waals surface area contributed by atoms with E-state index in [1.807, 2.05) is 30.9 Å². The van der Waals surface area contributed by atoms with E-state index in [2.05, 4.69) is 38.4 Å². The minimum Gasteiger partial charge on any atom is -0.458 e. The standard InChI is InChI=1S/C14H13BrN2OS/c1-16-12(6-10-7-17-8-19-10)13-5-9-3-2-4-11(15)14(9)18-13/h2-5,7-8,12,16H,6H2,1H3. The highest BCUT2D eigenvalue weighted by molar-refractivity contribution is 9.10. The number of para-hydroxylation sites is 1. The number of fused-ring (bicyclic) bond motifs is 1. The zero-order chi connectivity index (χ0) is 13.2. The third-order valence-electron chi connectivity index (χ3n) is 3.10. The van der Waals surface area contributed by atoms with Crippen LogP contribution in [-0.2, 0) is 6.42 Å². The zero-order valence-electron chi connectivity index (χ0n) is 10.4. The number of nitrogens with zero attached hydrogens (tertiary/aromatic N) is 1. The molecule has 3 rings (SSSR count). The van der Waals surface area contributed by atoms with Crippen molar-refractivity contribution in [3.8, 4) is 0 Å². The Morgan fingerprint density at radius 1 is 1.47 bits per heavy atom. The van der Waals surface area contributed by atoms with Gasteiger partial charge in [-0.05, 0) is 35.1 Å². The van der Waals surface area contributed by atoms with Crippen molar-refractivity contribution in [1.82, 2.24) is 10.3 Å². The van der Waals surface area contributed by atoms with Gasteiger partial charge < -0.3 is 9.73 Å². The molecule has 0 spiro atoms. The molecule has 0 aliphatic rings. The van der Waals surface area contributed by atoms with Crippen molar-refractivity contribution in [1.29, 1.82) is 0 Å². The summed E-state index contributed by atoms with van der Waals surface area (Å²) in [4.78, 5) is 5.36. The van der Waals surface area contributed by atoms with E-state index in [0.717, 1.165) is 27.6 Å². The van der Waals surface area contributed by atoms with Crippen LogP contribution in [0.2, 0.25) is 0 Å². The van der Waals surface area contributed by atoms with Gasteiger partial charge in [-0.1, -0.05) is 12.1 Å². The van der Waals surface area contributed by atoms with Gasteiger partial charge in [0.1, 0.15) is 11.3 Å². The molecule has 1 atom stereocenters. The topological polar surface area (TPSA) is 38.1 Å². The van der Waals surface area contributed by atoms with Gasteiger partial charge in [-0.2, -0.15) is 0 Å². The number of thiazole rings is 1. The van der Waals surface area contributed by atoms with Crippen molar-refractivity contribution < 1.29 is 4.42 Å². The zero-order valence-corrected chi connectivity index (χ0v) is 12.8. The minimum atomic E-state index is 0.166. The first kappa shape index (κ1) is 12.8. The molecular formula is C14H13BrN2OS. The summed E-state index contributed by atoms with van der Waals surface area (Å²) in [6.07, 6.45) is 2.80. The average Bonchev–Trinajstić information content (AvgIpc) is 3.05. The Kier molecular flexibility index (Phi) is 3.68. The number of nitrogens with one attached hydrogen (secondary N) is 1. The third-order valence-corrected chi connectivity index (χ3v) is 4.52. The van der Waals surface area contributed by atoms with Crippen LogP contribution in [0.4, 0.5) is 0 Å². The Balaban J connectivity index is 1.95. The lowest BCUT2D eigenvalue weighted by Gasteiger charge is -2.11. The van der Waals surface area contributed by atoms with Gasteiger partial charge in [0, 0.05) is 22.9 Å².